The van der Waals surface area contributed by atoms with E-state index in [4.69, 9.17) is 0 Å². The zero-order valence-electron chi connectivity index (χ0n) is 16.8. The van der Waals surface area contributed by atoms with Crippen molar-refractivity contribution in [2.75, 3.05) is 0 Å². The van der Waals surface area contributed by atoms with Crippen LogP contribution in [0.5, 0.6) is 0 Å². The van der Waals surface area contributed by atoms with Gasteiger partial charge in [0, 0.05) is 0 Å². The molecule has 3 fully saturated rings. The molecule has 140 valence electrons. The van der Waals surface area contributed by atoms with Crippen LogP contribution in [0.2, 0.25) is 0 Å². The largest absolute Gasteiger partial charge is 0.393 e. The number of aliphatic hydroxyl groups is 1. The number of hydrogen-bond acceptors (Lipinski definition) is 1. The predicted molar refractivity (Wildman–Crippen MR) is 105 cm³/mol. The number of allylic oxidation sites excluding steroid dienone is 3. The summed E-state index contributed by atoms with van der Waals surface area (Å²) in [5.41, 5.74) is 2.54. The quantitative estimate of drug-likeness (QED) is 0.598. The van der Waals surface area contributed by atoms with E-state index in [1.54, 1.807) is 5.57 Å². The maximum absolute atomic E-state index is 10.1. The van der Waals surface area contributed by atoms with E-state index in [-0.39, 0.29) is 6.10 Å². The Morgan fingerprint density at radius 1 is 1.12 bits per heavy atom. The third kappa shape index (κ3) is 2.59. The monoisotopic (exact) mass is 342 g/mol. The molecule has 0 amide bonds. The minimum Gasteiger partial charge on any atom is -0.393 e. The molecule has 1 nitrogen and oxygen atoms in total. The Kier molecular flexibility index (Phi) is 4.46. The van der Waals surface area contributed by atoms with Crippen LogP contribution in [0.4, 0.5) is 0 Å². The summed E-state index contributed by atoms with van der Waals surface area (Å²) in [6, 6.07) is 0. The number of hydrogen-bond donors (Lipinski definition) is 1. The molecule has 0 aliphatic heterocycles. The molecule has 0 aromatic rings. The molecule has 0 bridgehead atoms. The van der Waals surface area contributed by atoms with E-state index in [1.165, 1.54) is 38.5 Å². The molecular formula is C24H38O. The third-order valence-corrected chi connectivity index (χ3v) is 9.28. The zero-order chi connectivity index (χ0) is 17.8. The third-order valence-electron chi connectivity index (χ3n) is 9.28. The van der Waals surface area contributed by atoms with Gasteiger partial charge in [0.1, 0.15) is 0 Å². The first-order valence-corrected chi connectivity index (χ1v) is 10.9. The molecule has 8 atom stereocenters. The molecule has 0 heterocycles. The van der Waals surface area contributed by atoms with E-state index in [1.807, 2.05) is 0 Å². The second-order valence-electron chi connectivity index (χ2n) is 10.3. The van der Waals surface area contributed by atoms with Gasteiger partial charge in [-0.2, -0.15) is 0 Å². The summed E-state index contributed by atoms with van der Waals surface area (Å²) >= 11 is 0. The highest BCUT2D eigenvalue weighted by atomic mass is 16.3. The maximum atomic E-state index is 10.1. The van der Waals surface area contributed by atoms with Crippen LogP contribution in [0.25, 0.3) is 0 Å². The van der Waals surface area contributed by atoms with Crippen molar-refractivity contribution in [1.82, 2.24) is 0 Å². The number of aliphatic hydroxyl groups excluding tert-OH is 1. The summed E-state index contributed by atoms with van der Waals surface area (Å²) in [7, 11) is 0. The van der Waals surface area contributed by atoms with E-state index in [0.717, 1.165) is 42.4 Å². The van der Waals surface area contributed by atoms with Gasteiger partial charge in [0.15, 0.2) is 0 Å². The second-order valence-corrected chi connectivity index (χ2v) is 10.3. The Morgan fingerprint density at radius 2 is 1.92 bits per heavy atom. The van der Waals surface area contributed by atoms with Crippen LogP contribution in [-0.4, -0.2) is 11.2 Å². The molecular weight excluding hydrogens is 304 g/mol. The fourth-order valence-electron chi connectivity index (χ4n) is 7.98. The number of rotatable bonds is 2. The van der Waals surface area contributed by atoms with Crippen molar-refractivity contribution < 1.29 is 5.11 Å². The molecule has 0 radical (unpaired) electrons. The Hall–Kier alpha value is -0.560. The Morgan fingerprint density at radius 3 is 2.68 bits per heavy atom. The van der Waals surface area contributed by atoms with Crippen molar-refractivity contribution in [2.24, 2.45) is 40.4 Å². The summed E-state index contributed by atoms with van der Waals surface area (Å²) in [4.78, 5) is 0. The van der Waals surface area contributed by atoms with Crippen molar-refractivity contribution >= 4 is 0 Å². The maximum Gasteiger partial charge on any atom is 0.0577 e. The van der Waals surface area contributed by atoms with Crippen LogP contribution >= 0.6 is 0 Å². The van der Waals surface area contributed by atoms with Crippen molar-refractivity contribution in [3.8, 4) is 0 Å². The first kappa shape index (κ1) is 17.8. The topological polar surface area (TPSA) is 20.2 Å². The van der Waals surface area contributed by atoms with E-state index in [0.29, 0.717) is 10.8 Å². The minimum absolute atomic E-state index is 0.0812. The van der Waals surface area contributed by atoms with Gasteiger partial charge >= 0.3 is 0 Å². The molecule has 4 rings (SSSR count). The summed E-state index contributed by atoms with van der Waals surface area (Å²) < 4.78 is 0. The molecule has 4 aliphatic carbocycles. The van der Waals surface area contributed by atoms with Gasteiger partial charge < -0.3 is 5.11 Å². The van der Waals surface area contributed by atoms with Gasteiger partial charge in [-0.15, -0.1) is 0 Å². The zero-order valence-corrected chi connectivity index (χ0v) is 16.8. The Balaban J connectivity index is 1.62. The van der Waals surface area contributed by atoms with E-state index < -0.39 is 0 Å². The normalized spacial score (nSPS) is 50.8. The first-order chi connectivity index (χ1) is 11.9. The van der Waals surface area contributed by atoms with Crippen molar-refractivity contribution in [1.29, 1.82) is 0 Å². The van der Waals surface area contributed by atoms with Crippen LogP contribution in [0.3, 0.4) is 0 Å². The van der Waals surface area contributed by atoms with Gasteiger partial charge in [-0.05, 0) is 98.7 Å². The lowest BCUT2D eigenvalue weighted by molar-refractivity contribution is -0.0540. The lowest BCUT2D eigenvalue weighted by Gasteiger charge is -2.58. The Bertz CT molecular complexity index is 575. The van der Waals surface area contributed by atoms with Gasteiger partial charge in [-0.3, -0.25) is 0 Å². The van der Waals surface area contributed by atoms with Gasteiger partial charge in [0.2, 0.25) is 0 Å². The fourth-order valence-corrected chi connectivity index (χ4v) is 7.98. The van der Waals surface area contributed by atoms with Gasteiger partial charge in [-0.25, -0.2) is 0 Å². The molecule has 0 aromatic carbocycles. The number of fused-ring (bicyclic) bond motifs is 5. The van der Waals surface area contributed by atoms with Gasteiger partial charge in [0.05, 0.1) is 6.10 Å². The molecule has 1 N–H and O–H groups in total. The smallest absolute Gasteiger partial charge is 0.0577 e. The van der Waals surface area contributed by atoms with Crippen molar-refractivity contribution in [3.63, 3.8) is 0 Å². The highest BCUT2D eigenvalue weighted by Gasteiger charge is 2.58. The van der Waals surface area contributed by atoms with Crippen LogP contribution in [0.15, 0.2) is 23.8 Å². The molecule has 0 aromatic heterocycles. The standard InChI is InChI=1S/C24H38O/c1-5-6-16(2)20-9-10-21-19-8-7-17-15-18(25)11-13-23(17,3)22(19)12-14-24(20,21)4/h5-7,16,18-22,25H,8-15H2,1-4H3/t16-,18+,19?,20-,21?,22?,23+,24-/m1/s1. The lowest BCUT2D eigenvalue weighted by Crippen LogP contribution is -2.50. The second kappa shape index (κ2) is 6.25. The molecule has 4 aliphatic rings. The Labute approximate surface area is 155 Å². The van der Waals surface area contributed by atoms with E-state index in [2.05, 4.69) is 45.9 Å². The SMILES string of the molecule is CC=C[C@@H](C)[C@H]1CCC2C3CC=C4C[C@@H](O)CC[C@]4(C)C3CC[C@@]21C. The molecule has 1 heteroatoms. The van der Waals surface area contributed by atoms with Crippen LogP contribution in [0.1, 0.15) is 79.1 Å². The van der Waals surface area contributed by atoms with Crippen LogP contribution in [0, 0.1) is 40.4 Å². The predicted octanol–water partition coefficient (Wildman–Crippen LogP) is 6.14. The van der Waals surface area contributed by atoms with Gasteiger partial charge in [0.25, 0.3) is 0 Å². The fraction of sp³-hybridized carbons (Fsp3) is 0.833. The molecule has 3 unspecified atom stereocenters. The molecule has 25 heavy (non-hydrogen) atoms. The molecule has 0 spiro atoms. The van der Waals surface area contributed by atoms with Gasteiger partial charge in [-0.1, -0.05) is 44.6 Å². The average molecular weight is 343 g/mol. The summed E-state index contributed by atoms with van der Waals surface area (Å²) in [6.45, 7) is 9.80. The minimum atomic E-state index is -0.0812. The van der Waals surface area contributed by atoms with Crippen LogP contribution < -0.4 is 0 Å². The molecule has 3 saturated carbocycles. The highest BCUT2D eigenvalue weighted by molar-refractivity contribution is 5.25. The highest BCUT2D eigenvalue weighted by Crippen LogP contribution is 2.67. The van der Waals surface area contributed by atoms with E-state index in [9.17, 15) is 5.11 Å². The summed E-state index contributed by atoms with van der Waals surface area (Å²) in [6.07, 6.45) is 17.4. The molecule has 0 saturated heterocycles. The first-order valence-electron chi connectivity index (χ1n) is 10.9. The average Bonchev–Trinajstić information content (AvgIpc) is 2.93. The van der Waals surface area contributed by atoms with Crippen LogP contribution in [-0.2, 0) is 0 Å². The van der Waals surface area contributed by atoms with Crippen molar-refractivity contribution in [3.05, 3.63) is 23.8 Å². The summed E-state index contributed by atoms with van der Waals surface area (Å²) in [5, 5.41) is 10.1. The van der Waals surface area contributed by atoms with E-state index >= 15 is 0 Å². The summed E-state index contributed by atoms with van der Waals surface area (Å²) in [5.74, 6) is 4.29. The lowest BCUT2D eigenvalue weighted by atomic mass is 9.47. The van der Waals surface area contributed by atoms with Crippen molar-refractivity contribution in [2.45, 2.75) is 85.2 Å².